The van der Waals surface area contributed by atoms with Crippen LogP contribution in [-0.2, 0) is 0 Å². The summed E-state index contributed by atoms with van der Waals surface area (Å²) in [5, 5.41) is 10.2. The van der Waals surface area contributed by atoms with Gasteiger partial charge in [0.2, 0.25) is 0 Å². The lowest BCUT2D eigenvalue weighted by Gasteiger charge is -2.44. The number of fused-ring (bicyclic) bond motifs is 1. The molecular weight excluding hydrogens is 376 g/mol. The van der Waals surface area contributed by atoms with Gasteiger partial charge in [-0.2, -0.15) is 0 Å². The summed E-state index contributed by atoms with van der Waals surface area (Å²) < 4.78 is 0. The van der Waals surface area contributed by atoms with E-state index in [-0.39, 0.29) is 5.38 Å². The summed E-state index contributed by atoms with van der Waals surface area (Å²) in [6, 6.07) is 0. The molecule has 0 bridgehead atoms. The third kappa shape index (κ3) is 5.21. The van der Waals surface area contributed by atoms with Gasteiger partial charge in [0.1, 0.15) is 0 Å². The largest absolute Gasteiger partial charge is 0.388 e. The summed E-state index contributed by atoms with van der Waals surface area (Å²) in [6.07, 6.45) is 16.4. The van der Waals surface area contributed by atoms with Crippen molar-refractivity contribution >= 4 is 11.6 Å². The Labute approximate surface area is 184 Å². The zero-order valence-corrected chi connectivity index (χ0v) is 20.0. The van der Waals surface area contributed by atoms with E-state index in [9.17, 15) is 5.11 Å². The number of hydrogen-bond donors (Lipinski definition) is 1. The maximum atomic E-state index is 10.2. The van der Waals surface area contributed by atoms with Gasteiger partial charge in [0.25, 0.3) is 0 Å². The highest BCUT2D eigenvalue weighted by atomic mass is 35.5. The van der Waals surface area contributed by atoms with E-state index in [0.717, 1.165) is 41.2 Å². The van der Waals surface area contributed by atoms with Crippen molar-refractivity contribution < 1.29 is 5.11 Å². The minimum Gasteiger partial charge on any atom is -0.388 e. The van der Waals surface area contributed by atoms with Crippen molar-refractivity contribution in [2.24, 2.45) is 29.1 Å². The normalized spacial score (nSPS) is 39.3. The van der Waals surface area contributed by atoms with E-state index in [1.54, 1.807) is 5.57 Å². The number of aliphatic hydroxyl groups is 1. The lowest BCUT2D eigenvalue weighted by atomic mass is 9.60. The van der Waals surface area contributed by atoms with E-state index < -0.39 is 6.10 Å². The molecule has 0 saturated heterocycles. The molecule has 0 radical (unpaired) electrons. The van der Waals surface area contributed by atoms with Gasteiger partial charge < -0.3 is 5.11 Å². The van der Waals surface area contributed by atoms with Gasteiger partial charge in [-0.1, -0.05) is 71.3 Å². The van der Waals surface area contributed by atoms with Gasteiger partial charge in [0, 0.05) is 5.38 Å². The highest BCUT2D eigenvalue weighted by Gasteiger charge is 2.50. The van der Waals surface area contributed by atoms with Crippen molar-refractivity contribution in [3.63, 3.8) is 0 Å². The topological polar surface area (TPSA) is 20.2 Å². The molecule has 3 rings (SSSR count). The van der Waals surface area contributed by atoms with Gasteiger partial charge in [0.15, 0.2) is 0 Å². The van der Waals surface area contributed by atoms with E-state index >= 15 is 0 Å². The molecule has 1 nitrogen and oxygen atoms in total. The molecule has 3 aliphatic carbocycles. The standard InChI is InChI=1S/C27H43ClO/c1-18(2)8-6-9-19(3)24-13-14-25-21(10-7-15-27(24,25)5)11-12-22-16-23(28)17-26(29)20(22)4/h11-12,18-19,23-26,29H,4,6-10,13-17H2,1-3,5H3/b21-11+,22-12+/t19-,23?,24-,25+,26?,27-/m1/s1. The molecule has 0 spiro atoms. The van der Waals surface area contributed by atoms with E-state index in [0.29, 0.717) is 11.8 Å². The van der Waals surface area contributed by atoms with Crippen LogP contribution in [0.2, 0.25) is 0 Å². The van der Waals surface area contributed by atoms with Gasteiger partial charge in [-0.15, -0.1) is 11.6 Å². The third-order valence-corrected chi connectivity index (χ3v) is 8.73. The zero-order chi connectivity index (χ0) is 21.2. The second-order valence-corrected chi connectivity index (χ2v) is 11.5. The maximum absolute atomic E-state index is 10.2. The van der Waals surface area contributed by atoms with Crippen LogP contribution in [0.5, 0.6) is 0 Å². The zero-order valence-electron chi connectivity index (χ0n) is 19.2. The monoisotopic (exact) mass is 418 g/mol. The summed E-state index contributed by atoms with van der Waals surface area (Å²) in [6.45, 7) is 13.9. The highest BCUT2D eigenvalue weighted by Crippen LogP contribution is 2.60. The van der Waals surface area contributed by atoms with Crippen LogP contribution >= 0.6 is 11.6 Å². The molecule has 3 saturated carbocycles. The highest BCUT2D eigenvalue weighted by molar-refractivity contribution is 6.21. The molecule has 0 aromatic heterocycles. The Balaban J connectivity index is 1.71. The Bertz CT molecular complexity index is 645. The van der Waals surface area contributed by atoms with Crippen molar-refractivity contribution in [2.45, 2.75) is 103 Å². The fraction of sp³-hybridized carbons (Fsp3) is 0.778. The molecule has 0 heterocycles. The van der Waals surface area contributed by atoms with Gasteiger partial charge >= 0.3 is 0 Å². The quantitative estimate of drug-likeness (QED) is 0.435. The van der Waals surface area contributed by atoms with Crippen LogP contribution in [0.1, 0.15) is 91.9 Å². The van der Waals surface area contributed by atoms with Gasteiger partial charge in [-0.25, -0.2) is 0 Å². The van der Waals surface area contributed by atoms with Crippen molar-refractivity contribution in [1.29, 1.82) is 0 Å². The van der Waals surface area contributed by atoms with Gasteiger partial charge in [0.05, 0.1) is 6.10 Å². The number of hydrogen-bond acceptors (Lipinski definition) is 1. The number of halogens is 1. The summed E-state index contributed by atoms with van der Waals surface area (Å²) in [5.74, 6) is 3.27. The molecule has 0 amide bonds. The van der Waals surface area contributed by atoms with Crippen LogP contribution in [0.4, 0.5) is 0 Å². The first kappa shape index (κ1) is 23.1. The summed E-state index contributed by atoms with van der Waals surface area (Å²) in [5.41, 5.74) is 4.14. The molecule has 1 N–H and O–H groups in total. The molecule has 0 aromatic rings. The number of alkyl halides is 1. The molecule has 3 aliphatic rings. The van der Waals surface area contributed by atoms with E-state index in [1.165, 1.54) is 51.4 Å². The molecule has 0 aliphatic heterocycles. The second-order valence-electron chi connectivity index (χ2n) is 10.9. The minimum atomic E-state index is -0.477. The van der Waals surface area contributed by atoms with Crippen LogP contribution < -0.4 is 0 Å². The van der Waals surface area contributed by atoms with Crippen molar-refractivity contribution in [2.75, 3.05) is 0 Å². The Hall–Kier alpha value is -0.530. The van der Waals surface area contributed by atoms with Crippen LogP contribution in [0.3, 0.4) is 0 Å². The van der Waals surface area contributed by atoms with Crippen LogP contribution in [0.25, 0.3) is 0 Å². The summed E-state index contributed by atoms with van der Waals surface area (Å²) in [7, 11) is 0. The SMILES string of the molecule is C=C1/C(=C/C=C2\CCC[C@]3(C)[C@@H]([C@H](C)CCCC(C)C)CC[C@@H]23)CC(Cl)CC1O. The van der Waals surface area contributed by atoms with Gasteiger partial charge in [-0.3, -0.25) is 0 Å². The Morgan fingerprint density at radius 3 is 2.69 bits per heavy atom. The van der Waals surface area contributed by atoms with Crippen LogP contribution in [0.15, 0.2) is 35.5 Å². The van der Waals surface area contributed by atoms with E-state index in [2.05, 4.69) is 46.4 Å². The van der Waals surface area contributed by atoms with Crippen molar-refractivity contribution in [3.05, 3.63) is 35.5 Å². The second kappa shape index (κ2) is 9.73. The Morgan fingerprint density at radius 1 is 1.21 bits per heavy atom. The smallest absolute Gasteiger partial charge is 0.0801 e. The average molecular weight is 419 g/mol. The number of rotatable bonds is 6. The lowest BCUT2D eigenvalue weighted by Crippen LogP contribution is -2.36. The fourth-order valence-corrected chi connectivity index (χ4v) is 7.03. The summed E-state index contributed by atoms with van der Waals surface area (Å²) >= 11 is 6.36. The van der Waals surface area contributed by atoms with E-state index in [4.69, 9.17) is 11.6 Å². The molecule has 2 unspecified atom stereocenters. The van der Waals surface area contributed by atoms with Crippen LogP contribution in [-0.4, -0.2) is 16.6 Å². The third-order valence-electron chi connectivity index (χ3n) is 8.40. The first-order valence-electron chi connectivity index (χ1n) is 12.1. The first-order chi connectivity index (χ1) is 13.7. The number of aliphatic hydroxyl groups excluding tert-OH is 1. The number of allylic oxidation sites excluding steroid dienone is 3. The van der Waals surface area contributed by atoms with Crippen molar-refractivity contribution in [3.8, 4) is 0 Å². The molecule has 2 heteroatoms. The molecule has 0 aromatic carbocycles. The Morgan fingerprint density at radius 2 is 1.97 bits per heavy atom. The Kier molecular flexibility index (Phi) is 7.77. The lowest BCUT2D eigenvalue weighted by molar-refractivity contribution is 0.0929. The molecule has 3 fully saturated rings. The minimum absolute atomic E-state index is 0.0271. The van der Waals surface area contributed by atoms with Crippen LogP contribution in [0, 0.1) is 29.1 Å². The average Bonchev–Trinajstić information content (AvgIpc) is 3.00. The van der Waals surface area contributed by atoms with Crippen molar-refractivity contribution in [1.82, 2.24) is 0 Å². The molecule has 6 atom stereocenters. The predicted octanol–water partition coefficient (Wildman–Crippen LogP) is 7.84. The van der Waals surface area contributed by atoms with Gasteiger partial charge in [-0.05, 0) is 85.2 Å². The molecule has 29 heavy (non-hydrogen) atoms. The maximum Gasteiger partial charge on any atom is 0.0801 e. The fourth-order valence-electron chi connectivity index (χ4n) is 6.70. The summed E-state index contributed by atoms with van der Waals surface area (Å²) in [4.78, 5) is 0. The first-order valence-corrected chi connectivity index (χ1v) is 12.6. The molecular formula is C27H43ClO. The van der Waals surface area contributed by atoms with E-state index in [1.807, 2.05) is 0 Å². The molecule has 164 valence electrons. The predicted molar refractivity (Wildman–Crippen MR) is 126 cm³/mol.